The second-order valence-corrected chi connectivity index (χ2v) is 5.25. The Morgan fingerprint density at radius 1 is 1.50 bits per heavy atom. The lowest BCUT2D eigenvalue weighted by atomic mass is 10.1. The lowest BCUT2D eigenvalue weighted by Gasteiger charge is -2.24. The Morgan fingerprint density at radius 2 is 2.33 bits per heavy atom. The molecule has 1 heterocycles. The van der Waals surface area contributed by atoms with Gasteiger partial charge in [0.2, 0.25) is 0 Å². The number of methoxy groups -OCH3 is 1. The van der Waals surface area contributed by atoms with Crippen LogP contribution in [0.3, 0.4) is 0 Å². The molecule has 1 aromatic rings. The van der Waals surface area contributed by atoms with Gasteiger partial charge in [-0.25, -0.2) is 4.79 Å². The molecule has 0 amide bonds. The van der Waals surface area contributed by atoms with Gasteiger partial charge in [0, 0.05) is 5.75 Å². The summed E-state index contributed by atoms with van der Waals surface area (Å²) in [6.45, 7) is 0. The van der Waals surface area contributed by atoms with E-state index in [-0.39, 0.29) is 11.7 Å². The second kappa shape index (κ2) is 6.00. The predicted octanol–water partition coefficient (Wildman–Crippen LogP) is 2.67. The maximum absolute atomic E-state index is 11.2. The lowest BCUT2D eigenvalue weighted by Crippen LogP contribution is -2.24. The molecular formula is C13H16O4S. The highest BCUT2D eigenvalue weighted by atomic mass is 32.2. The molecule has 0 bridgehead atoms. The van der Waals surface area contributed by atoms with Crippen LogP contribution in [0.15, 0.2) is 18.2 Å². The van der Waals surface area contributed by atoms with Crippen LogP contribution in [-0.4, -0.2) is 35.8 Å². The number of hydrogen-bond donors (Lipinski definition) is 1. The van der Waals surface area contributed by atoms with Gasteiger partial charge in [-0.1, -0.05) is 6.07 Å². The molecule has 0 saturated carbocycles. The summed E-state index contributed by atoms with van der Waals surface area (Å²) in [5.41, 5.74) is 0.157. The summed E-state index contributed by atoms with van der Waals surface area (Å²) in [5, 5.41) is 9.17. The summed E-state index contributed by atoms with van der Waals surface area (Å²) >= 11 is 1.84. The van der Waals surface area contributed by atoms with Gasteiger partial charge in [0.25, 0.3) is 0 Å². The SMILES string of the molecule is COc1cccc(C(=O)O)c1OC1CCCSC1. The number of carboxylic acid groups (broad SMARTS) is 1. The van der Waals surface area contributed by atoms with Gasteiger partial charge < -0.3 is 14.6 Å². The fourth-order valence-corrected chi connectivity index (χ4v) is 2.97. The van der Waals surface area contributed by atoms with Crippen LogP contribution in [0, 0.1) is 0 Å². The van der Waals surface area contributed by atoms with Crippen molar-refractivity contribution in [2.75, 3.05) is 18.6 Å². The summed E-state index contributed by atoms with van der Waals surface area (Å²) in [4.78, 5) is 11.2. The Balaban J connectivity index is 2.25. The van der Waals surface area contributed by atoms with E-state index in [2.05, 4.69) is 0 Å². The fraction of sp³-hybridized carbons (Fsp3) is 0.462. The molecule has 1 atom stereocenters. The van der Waals surface area contributed by atoms with E-state index in [1.165, 1.54) is 13.2 Å². The maximum atomic E-state index is 11.2. The highest BCUT2D eigenvalue weighted by molar-refractivity contribution is 7.99. The molecule has 0 aliphatic carbocycles. The normalized spacial score (nSPS) is 19.3. The van der Waals surface area contributed by atoms with E-state index in [1.807, 2.05) is 11.8 Å². The molecule has 1 aliphatic rings. The number of ether oxygens (including phenoxy) is 2. The topological polar surface area (TPSA) is 55.8 Å². The summed E-state index contributed by atoms with van der Waals surface area (Å²) in [6, 6.07) is 4.92. The molecule has 0 aromatic heterocycles. The van der Waals surface area contributed by atoms with Crippen LogP contribution in [-0.2, 0) is 0 Å². The zero-order valence-corrected chi connectivity index (χ0v) is 11.0. The monoisotopic (exact) mass is 268 g/mol. The van der Waals surface area contributed by atoms with Gasteiger partial charge in [-0.05, 0) is 30.7 Å². The van der Waals surface area contributed by atoms with Gasteiger partial charge in [-0.2, -0.15) is 11.8 Å². The molecule has 2 rings (SSSR count). The van der Waals surface area contributed by atoms with Crippen LogP contribution in [0.2, 0.25) is 0 Å². The minimum atomic E-state index is -0.993. The Labute approximate surface area is 110 Å². The van der Waals surface area contributed by atoms with Crippen LogP contribution in [0.25, 0.3) is 0 Å². The van der Waals surface area contributed by atoms with Gasteiger partial charge in [0.1, 0.15) is 11.7 Å². The van der Waals surface area contributed by atoms with Gasteiger partial charge in [-0.15, -0.1) is 0 Å². The van der Waals surface area contributed by atoms with Crippen molar-refractivity contribution in [2.45, 2.75) is 18.9 Å². The number of thioether (sulfide) groups is 1. The van der Waals surface area contributed by atoms with E-state index in [1.54, 1.807) is 12.1 Å². The van der Waals surface area contributed by atoms with E-state index < -0.39 is 5.97 Å². The fourth-order valence-electron chi connectivity index (χ4n) is 1.94. The first-order valence-corrected chi connectivity index (χ1v) is 7.02. The minimum Gasteiger partial charge on any atom is -0.493 e. The van der Waals surface area contributed by atoms with Crippen molar-refractivity contribution in [2.24, 2.45) is 0 Å². The maximum Gasteiger partial charge on any atom is 0.339 e. The lowest BCUT2D eigenvalue weighted by molar-refractivity contribution is 0.0688. The van der Waals surface area contributed by atoms with Crippen molar-refractivity contribution in [1.29, 1.82) is 0 Å². The zero-order chi connectivity index (χ0) is 13.0. The average molecular weight is 268 g/mol. The van der Waals surface area contributed by atoms with Gasteiger partial charge >= 0.3 is 5.97 Å². The first kappa shape index (κ1) is 13.1. The van der Waals surface area contributed by atoms with Crippen LogP contribution in [0.4, 0.5) is 0 Å². The molecule has 4 nitrogen and oxygen atoms in total. The largest absolute Gasteiger partial charge is 0.493 e. The molecule has 1 aliphatic heterocycles. The number of benzene rings is 1. The van der Waals surface area contributed by atoms with Gasteiger partial charge in [0.05, 0.1) is 7.11 Å². The van der Waals surface area contributed by atoms with E-state index in [0.717, 1.165) is 24.3 Å². The van der Waals surface area contributed by atoms with E-state index in [9.17, 15) is 9.90 Å². The second-order valence-electron chi connectivity index (χ2n) is 4.10. The molecule has 98 valence electrons. The summed E-state index contributed by atoms with van der Waals surface area (Å²) in [6.07, 6.45) is 2.13. The first-order chi connectivity index (χ1) is 8.72. The molecule has 18 heavy (non-hydrogen) atoms. The first-order valence-electron chi connectivity index (χ1n) is 5.87. The third-order valence-electron chi connectivity index (χ3n) is 2.83. The Bertz CT molecular complexity index is 427. The average Bonchev–Trinajstić information content (AvgIpc) is 2.40. The molecule has 5 heteroatoms. The standard InChI is InChI=1S/C13H16O4S/c1-16-11-6-2-5-10(13(14)15)12(11)17-9-4-3-7-18-8-9/h2,5-6,9H,3-4,7-8H2,1H3,(H,14,15). The van der Waals surface area contributed by atoms with Gasteiger partial charge in [0.15, 0.2) is 11.5 Å². The minimum absolute atomic E-state index is 0.0677. The van der Waals surface area contributed by atoms with Crippen LogP contribution in [0.1, 0.15) is 23.2 Å². The zero-order valence-electron chi connectivity index (χ0n) is 10.2. The quantitative estimate of drug-likeness (QED) is 0.909. The molecule has 1 N–H and O–H groups in total. The molecule has 1 fully saturated rings. The summed E-state index contributed by atoms with van der Waals surface area (Å²) in [5.74, 6) is 1.88. The van der Waals surface area contributed by atoms with Crippen LogP contribution >= 0.6 is 11.8 Å². The highest BCUT2D eigenvalue weighted by Gasteiger charge is 2.22. The summed E-state index contributed by atoms with van der Waals surface area (Å²) < 4.78 is 11.0. The van der Waals surface area contributed by atoms with Crippen molar-refractivity contribution in [3.05, 3.63) is 23.8 Å². The van der Waals surface area contributed by atoms with E-state index >= 15 is 0 Å². The van der Waals surface area contributed by atoms with Crippen LogP contribution in [0.5, 0.6) is 11.5 Å². The van der Waals surface area contributed by atoms with Crippen molar-refractivity contribution < 1.29 is 19.4 Å². The van der Waals surface area contributed by atoms with Crippen molar-refractivity contribution >= 4 is 17.7 Å². The van der Waals surface area contributed by atoms with Crippen LogP contribution < -0.4 is 9.47 Å². The Morgan fingerprint density at radius 3 is 2.94 bits per heavy atom. The van der Waals surface area contributed by atoms with Crippen molar-refractivity contribution in [3.8, 4) is 11.5 Å². The molecule has 1 saturated heterocycles. The number of para-hydroxylation sites is 1. The molecule has 1 aromatic carbocycles. The molecule has 0 spiro atoms. The number of carbonyl (C=O) groups is 1. The van der Waals surface area contributed by atoms with Gasteiger partial charge in [-0.3, -0.25) is 0 Å². The van der Waals surface area contributed by atoms with E-state index in [0.29, 0.717) is 11.5 Å². The number of hydrogen-bond acceptors (Lipinski definition) is 4. The third-order valence-corrected chi connectivity index (χ3v) is 4.02. The van der Waals surface area contributed by atoms with E-state index in [4.69, 9.17) is 9.47 Å². The number of rotatable bonds is 4. The Hall–Kier alpha value is -1.36. The number of aromatic carboxylic acids is 1. The molecular weight excluding hydrogens is 252 g/mol. The summed E-state index contributed by atoms with van der Waals surface area (Å²) in [7, 11) is 1.52. The number of carboxylic acids is 1. The molecule has 0 radical (unpaired) electrons. The van der Waals surface area contributed by atoms with Crippen molar-refractivity contribution in [3.63, 3.8) is 0 Å². The smallest absolute Gasteiger partial charge is 0.339 e. The van der Waals surface area contributed by atoms with Crippen molar-refractivity contribution in [1.82, 2.24) is 0 Å². The molecule has 1 unspecified atom stereocenters. The predicted molar refractivity (Wildman–Crippen MR) is 70.9 cm³/mol. The third kappa shape index (κ3) is 2.90. The highest BCUT2D eigenvalue weighted by Crippen LogP contribution is 2.33. The Kier molecular flexibility index (Phi) is 4.36.